The molecule has 1 nitrogen and oxygen atoms in total. The van der Waals surface area contributed by atoms with E-state index in [1.54, 1.807) is 30.4 Å². The Labute approximate surface area is 161 Å². The predicted octanol–water partition coefficient (Wildman–Crippen LogP) is 7.20. The van der Waals surface area contributed by atoms with E-state index >= 15 is 0 Å². The quantitative estimate of drug-likeness (QED) is 0.210. The fourth-order valence-corrected chi connectivity index (χ4v) is 3.53. The van der Waals surface area contributed by atoms with Crippen LogP contribution in [-0.4, -0.2) is 5.78 Å². The van der Waals surface area contributed by atoms with Crippen molar-refractivity contribution in [3.63, 3.8) is 0 Å². The SMILES string of the molecule is O=C(C=Cc1ccc(Cl)cc1Cl)c1ccc2ccc3ccccc3c2c1. The van der Waals surface area contributed by atoms with Crippen molar-refractivity contribution in [3.05, 3.63) is 100 Å². The summed E-state index contributed by atoms with van der Waals surface area (Å²) in [6.07, 6.45) is 3.26. The van der Waals surface area contributed by atoms with Gasteiger partial charge in [-0.05, 0) is 57.5 Å². The van der Waals surface area contributed by atoms with Crippen LogP contribution >= 0.6 is 23.2 Å². The van der Waals surface area contributed by atoms with E-state index in [2.05, 4.69) is 24.3 Å². The Bertz CT molecular complexity index is 1180. The second-order valence-electron chi connectivity index (χ2n) is 6.09. The van der Waals surface area contributed by atoms with E-state index in [4.69, 9.17) is 23.2 Å². The van der Waals surface area contributed by atoms with Crippen LogP contribution in [0.15, 0.2) is 78.9 Å². The number of fused-ring (bicyclic) bond motifs is 3. The maximum atomic E-state index is 12.6. The zero-order valence-corrected chi connectivity index (χ0v) is 15.3. The van der Waals surface area contributed by atoms with Crippen LogP contribution in [0.4, 0.5) is 0 Å². The molecule has 0 unspecified atom stereocenters. The van der Waals surface area contributed by atoms with Crippen LogP contribution in [0.25, 0.3) is 27.6 Å². The molecule has 0 saturated heterocycles. The lowest BCUT2D eigenvalue weighted by Gasteiger charge is -2.05. The molecule has 0 bridgehead atoms. The standard InChI is InChI=1S/C23H14Cl2O/c24-19-11-9-17(22(25)14-19)10-12-23(26)18-8-7-16-6-5-15-3-1-2-4-20(15)21(16)13-18/h1-14H. The molecule has 126 valence electrons. The van der Waals surface area contributed by atoms with Gasteiger partial charge >= 0.3 is 0 Å². The van der Waals surface area contributed by atoms with Crippen LogP contribution in [-0.2, 0) is 0 Å². The highest BCUT2D eigenvalue weighted by atomic mass is 35.5. The second-order valence-corrected chi connectivity index (χ2v) is 6.93. The summed E-state index contributed by atoms with van der Waals surface area (Å²) in [4.78, 5) is 12.6. The minimum atomic E-state index is -0.0640. The third-order valence-electron chi connectivity index (χ3n) is 4.41. The van der Waals surface area contributed by atoms with Gasteiger partial charge in [0.25, 0.3) is 0 Å². The Morgan fingerprint density at radius 2 is 1.50 bits per heavy atom. The summed E-state index contributed by atoms with van der Waals surface area (Å²) >= 11 is 12.1. The van der Waals surface area contributed by atoms with E-state index in [1.807, 2.05) is 30.3 Å². The lowest BCUT2D eigenvalue weighted by molar-refractivity contribution is 0.104. The molecule has 0 aliphatic carbocycles. The summed E-state index contributed by atoms with van der Waals surface area (Å²) in [5, 5.41) is 5.58. The molecular formula is C23H14Cl2O. The summed E-state index contributed by atoms with van der Waals surface area (Å²) in [6, 6.07) is 23.4. The van der Waals surface area contributed by atoms with Gasteiger partial charge in [-0.2, -0.15) is 0 Å². The molecule has 3 heteroatoms. The maximum absolute atomic E-state index is 12.6. The van der Waals surface area contributed by atoms with Crippen molar-refractivity contribution < 1.29 is 4.79 Å². The summed E-state index contributed by atoms with van der Waals surface area (Å²) in [5.74, 6) is -0.0640. The number of allylic oxidation sites excluding steroid dienone is 1. The van der Waals surface area contributed by atoms with Gasteiger partial charge in [-0.25, -0.2) is 0 Å². The minimum absolute atomic E-state index is 0.0640. The molecule has 0 aliphatic rings. The number of hydrogen-bond acceptors (Lipinski definition) is 1. The highest BCUT2D eigenvalue weighted by molar-refractivity contribution is 6.35. The largest absolute Gasteiger partial charge is 0.289 e. The average molecular weight is 377 g/mol. The molecule has 0 amide bonds. The number of ketones is 1. The van der Waals surface area contributed by atoms with Gasteiger partial charge in [-0.1, -0.05) is 77.8 Å². The Morgan fingerprint density at radius 3 is 2.31 bits per heavy atom. The molecule has 0 atom stereocenters. The van der Waals surface area contributed by atoms with E-state index in [0.29, 0.717) is 15.6 Å². The highest BCUT2D eigenvalue weighted by Gasteiger charge is 2.06. The van der Waals surface area contributed by atoms with Crippen LogP contribution < -0.4 is 0 Å². The zero-order valence-electron chi connectivity index (χ0n) is 13.7. The fraction of sp³-hybridized carbons (Fsp3) is 0. The normalized spacial score (nSPS) is 11.5. The molecular weight excluding hydrogens is 363 g/mol. The number of rotatable bonds is 3. The molecule has 0 N–H and O–H groups in total. The first-order chi connectivity index (χ1) is 12.6. The summed E-state index contributed by atoms with van der Waals surface area (Å²) < 4.78 is 0. The Kier molecular flexibility index (Phi) is 4.50. The lowest BCUT2D eigenvalue weighted by Crippen LogP contribution is -1.94. The number of carbonyl (C=O) groups excluding carboxylic acids is 1. The zero-order chi connectivity index (χ0) is 18.1. The first-order valence-electron chi connectivity index (χ1n) is 8.21. The third-order valence-corrected chi connectivity index (χ3v) is 4.97. The van der Waals surface area contributed by atoms with Crippen LogP contribution in [0, 0.1) is 0 Å². The number of benzene rings is 4. The Morgan fingerprint density at radius 1 is 0.769 bits per heavy atom. The Balaban J connectivity index is 1.72. The van der Waals surface area contributed by atoms with Gasteiger partial charge in [-0.15, -0.1) is 0 Å². The lowest BCUT2D eigenvalue weighted by atomic mass is 9.98. The molecule has 0 aromatic heterocycles. The van der Waals surface area contributed by atoms with E-state index in [0.717, 1.165) is 27.1 Å². The number of halogens is 2. The first-order valence-corrected chi connectivity index (χ1v) is 8.96. The van der Waals surface area contributed by atoms with Crippen molar-refractivity contribution in [2.24, 2.45) is 0 Å². The highest BCUT2D eigenvalue weighted by Crippen LogP contribution is 2.27. The first kappa shape index (κ1) is 16.8. The smallest absolute Gasteiger partial charge is 0.185 e. The second kappa shape index (κ2) is 6.95. The van der Waals surface area contributed by atoms with Crippen molar-refractivity contribution in [2.75, 3.05) is 0 Å². The van der Waals surface area contributed by atoms with E-state index < -0.39 is 0 Å². The van der Waals surface area contributed by atoms with E-state index in [9.17, 15) is 4.79 Å². The van der Waals surface area contributed by atoms with Crippen molar-refractivity contribution in [1.82, 2.24) is 0 Å². The van der Waals surface area contributed by atoms with Crippen molar-refractivity contribution in [1.29, 1.82) is 0 Å². The molecule has 4 aromatic rings. The van der Waals surface area contributed by atoms with Gasteiger partial charge in [0, 0.05) is 15.6 Å². The Hall–Kier alpha value is -2.61. The number of carbonyl (C=O) groups is 1. The van der Waals surface area contributed by atoms with Crippen LogP contribution in [0.2, 0.25) is 10.0 Å². The van der Waals surface area contributed by atoms with Gasteiger partial charge in [0.05, 0.1) is 0 Å². The number of hydrogen-bond donors (Lipinski definition) is 0. The monoisotopic (exact) mass is 376 g/mol. The van der Waals surface area contributed by atoms with Crippen LogP contribution in [0.5, 0.6) is 0 Å². The molecule has 4 aromatic carbocycles. The molecule has 4 rings (SSSR count). The van der Waals surface area contributed by atoms with Gasteiger partial charge in [-0.3, -0.25) is 4.79 Å². The predicted molar refractivity (Wildman–Crippen MR) is 111 cm³/mol. The molecule has 0 heterocycles. The van der Waals surface area contributed by atoms with Crippen molar-refractivity contribution in [2.45, 2.75) is 0 Å². The minimum Gasteiger partial charge on any atom is -0.289 e. The maximum Gasteiger partial charge on any atom is 0.185 e. The van der Waals surface area contributed by atoms with E-state index in [1.165, 1.54) is 0 Å². The van der Waals surface area contributed by atoms with E-state index in [-0.39, 0.29) is 5.78 Å². The van der Waals surface area contributed by atoms with Gasteiger partial charge < -0.3 is 0 Å². The van der Waals surface area contributed by atoms with Crippen molar-refractivity contribution >= 4 is 56.6 Å². The average Bonchev–Trinajstić information content (AvgIpc) is 2.66. The van der Waals surface area contributed by atoms with Gasteiger partial charge in [0.1, 0.15) is 0 Å². The molecule has 0 spiro atoms. The molecule has 26 heavy (non-hydrogen) atoms. The van der Waals surface area contributed by atoms with Crippen LogP contribution in [0.1, 0.15) is 15.9 Å². The molecule has 0 saturated carbocycles. The molecule has 0 fully saturated rings. The molecule has 0 radical (unpaired) electrons. The third kappa shape index (κ3) is 3.24. The molecule has 0 aliphatic heterocycles. The topological polar surface area (TPSA) is 17.1 Å². The fourth-order valence-electron chi connectivity index (χ4n) is 3.05. The van der Waals surface area contributed by atoms with Gasteiger partial charge in [0.15, 0.2) is 5.78 Å². The van der Waals surface area contributed by atoms with Crippen LogP contribution in [0.3, 0.4) is 0 Å². The summed E-state index contributed by atoms with van der Waals surface area (Å²) in [5.41, 5.74) is 1.41. The van der Waals surface area contributed by atoms with Gasteiger partial charge in [0.2, 0.25) is 0 Å². The van der Waals surface area contributed by atoms with Crippen molar-refractivity contribution in [3.8, 4) is 0 Å². The summed E-state index contributed by atoms with van der Waals surface area (Å²) in [6.45, 7) is 0. The summed E-state index contributed by atoms with van der Waals surface area (Å²) in [7, 11) is 0.